The largest absolute Gasteiger partial charge is 0.335 e. The van der Waals surface area contributed by atoms with Gasteiger partial charge in [0.15, 0.2) is 0 Å². The number of piperazine rings is 1. The monoisotopic (exact) mass is 359 g/mol. The standard InChI is InChI=1S/C17H21N5O2S/c23-16-10-13-2-1-3-14(13)19-22(16)9-6-20-4-7-21(8-5-20)17(24)15-11-25-12-18-15/h10-12H,1-9H2. The van der Waals surface area contributed by atoms with Gasteiger partial charge in [0.2, 0.25) is 0 Å². The summed E-state index contributed by atoms with van der Waals surface area (Å²) in [6.07, 6.45) is 3.06. The van der Waals surface area contributed by atoms with E-state index >= 15 is 0 Å². The van der Waals surface area contributed by atoms with Crippen LogP contribution in [0.5, 0.6) is 0 Å². The molecule has 1 aliphatic heterocycles. The van der Waals surface area contributed by atoms with Crippen LogP contribution in [-0.2, 0) is 19.4 Å². The van der Waals surface area contributed by atoms with Crippen LogP contribution in [0.4, 0.5) is 0 Å². The lowest BCUT2D eigenvalue weighted by molar-refractivity contribution is 0.0626. The zero-order chi connectivity index (χ0) is 17.2. The number of carbonyl (C=O) groups is 1. The number of fused-ring (bicyclic) bond motifs is 1. The number of hydrogen-bond acceptors (Lipinski definition) is 6. The van der Waals surface area contributed by atoms with Crippen molar-refractivity contribution in [2.24, 2.45) is 0 Å². The van der Waals surface area contributed by atoms with Crippen LogP contribution < -0.4 is 5.56 Å². The SMILES string of the molecule is O=C(c1cscn1)N1CCN(CCn2nc3c(cc2=O)CCC3)CC1. The Morgan fingerprint density at radius 3 is 2.76 bits per heavy atom. The molecular weight excluding hydrogens is 338 g/mol. The zero-order valence-electron chi connectivity index (χ0n) is 14.1. The van der Waals surface area contributed by atoms with Crippen LogP contribution in [0.3, 0.4) is 0 Å². The number of thiazole rings is 1. The van der Waals surface area contributed by atoms with Crippen molar-refractivity contribution in [3.05, 3.63) is 44.3 Å². The van der Waals surface area contributed by atoms with E-state index in [2.05, 4.69) is 15.0 Å². The molecule has 7 nitrogen and oxygen atoms in total. The van der Waals surface area contributed by atoms with Crippen LogP contribution in [0.15, 0.2) is 21.8 Å². The summed E-state index contributed by atoms with van der Waals surface area (Å²) in [5, 5.41) is 6.31. The Hall–Kier alpha value is -2.06. The molecule has 0 aromatic carbocycles. The van der Waals surface area contributed by atoms with Crippen molar-refractivity contribution in [1.82, 2.24) is 24.6 Å². The maximum Gasteiger partial charge on any atom is 0.273 e. The molecule has 0 atom stereocenters. The van der Waals surface area contributed by atoms with Gasteiger partial charge in [-0.25, -0.2) is 9.67 Å². The summed E-state index contributed by atoms with van der Waals surface area (Å²) in [6.45, 7) is 4.41. The number of nitrogens with zero attached hydrogens (tertiary/aromatic N) is 5. The summed E-state index contributed by atoms with van der Waals surface area (Å²) in [5.41, 5.74) is 4.42. The fourth-order valence-corrected chi connectivity index (χ4v) is 4.02. The Bertz CT molecular complexity index is 809. The first-order valence-electron chi connectivity index (χ1n) is 8.70. The molecule has 1 fully saturated rings. The normalized spacial score (nSPS) is 17.7. The number of aromatic nitrogens is 3. The summed E-state index contributed by atoms with van der Waals surface area (Å²) >= 11 is 1.44. The summed E-state index contributed by atoms with van der Waals surface area (Å²) in [5.74, 6) is 0.0115. The van der Waals surface area contributed by atoms with Gasteiger partial charge in [-0.05, 0) is 24.8 Å². The van der Waals surface area contributed by atoms with Gasteiger partial charge in [-0.1, -0.05) is 0 Å². The Kier molecular flexibility index (Phi) is 4.63. The van der Waals surface area contributed by atoms with Crippen molar-refractivity contribution in [3.63, 3.8) is 0 Å². The van der Waals surface area contributed by atoms with Gasteiger partial charge in [0.05, 0.1) is 17.7 Å². The summed E-state index contributed by atoms with van der Waals surface area (Å²) in [4.78, 5) is 32.7. The van der Waals surface area contributed by atoms with Crippen molar-refractivity contribution in [1.29, 1.82) is 0 Å². The topological polar surface area (TPSA) is 71.3 Å². The highest BCUT2D eigenvalue weighted by Gasteiger charge is 2.23. The third kappa shape index (κ3) is 3.50. The third-order valence-corrected chi connectivity index (χ3v) is 5.55. The Labute approximate surface area is 149 Å². The molecule has 2 aromatic heterocycles. The van der Waals surface area contributed by atoms with E-state index in [1.165, 1.54) is 11.3 Å². The first-order chi connectivity index (χ1) is 12.2. The van der Waals surface area contributed by atoms with E-state index in [9.17, 15) is 9.59 Å². The van der Waals surface area contributed by atoms with E-state index in [1.54, 1.807) is 21.6 Å². The molecule has 0 unspecified atom stereocenters. The second-order valence-corrected chi connectivity index (χ2v) is 7.26. The van der Waals surface area contributed by atoms with Crippen molar-refractivity contribution in [2.45, 2.75) is 25.8 Å². The molecule has 0 bridgehead atoms. The Morgan fingerprint density at radius 2 is 2.00 bits per heavy atom. The van der Waals surface area contributed by atoms with Gasteiger partial charge in [-0.3, -0.25) is 14.5 Å². The number of amides is 1. The van der Waals surface area contributed by atoms with E-state index in [0.29, 0.717) is 25.3 Å². The molecule has 0 spiro atoms. The molecule has 0 saturated carbocycles. The molecule has 1 saturated heterocycles. The fourth-order valence-electron chi connectivity index (χ4n) is 3.49. The van der Waals surface area contributed by atoms with E-state index in [0.717, 1.165) is 50.2 Å². The van der Waals surface area contributed by atoms with Crippen LogP contribution in [0, 0.1) is 0 Å². The lowest BCUT2D eigenvalue weighted by atomic mass is 10.2. The molecule has 25 heavy (non-hydrogen) atoms. The van der Waals surface area contributed by atoms with Crippen molar-refractivity contribution < 1.29 is 4.79 Å². The second kappa shape index (κ2) is 7.05. The van der Waals surface area contributed by atoms with Crippen molar-refractivity contribution in [3.8, 4) is 0 Å². The van der Waals surface area contributed by atoms with Crippen LogP contribution in [-0.4, -0.2) is 63.2 Å². The number of aryl methyl sites for hydroxylation is 2. The summed E-state index contributed by atoms with van der Waals surface area (Å²) < 4.78 is 1.59. The molecule has 0 radical (unpaired) electrons. The molecule has 1 aliphatic carbocycles. The average Bonchev–Trinajstić information content (AvgIpc) is 3.31. The predicted octanol–water partition coefficient (Wildman–Crippen LogP) is 0.647. The van der Waals surface area contributed by atoms with Crippen LogP contribution in [0.2, 0.25) is 0 Å². The zero-order valence-corrected chi connectivity index (χ0v) is 14.9. The van der Waals surface area contributed by atoms with Crippen LogP contribution in [0.1, 0.15) is 28.2 Å². The molecule has 4 rings (SSSR count). The van der Waals surface area contributed by atoms with Crippen molar-refractivity contribution in [2.75, 3.05) is 32.7 Å². The smallest absolute Gasteiger partial charge is 0.273 e. The number of hydrogen-bond donors (Lipinski definition) is 0. The molecule has 8 heteroatoms. The highest BCUT2D eigenvalue weighted by molar-refractivity contribution is 7.07. The third-order valence-electron chi connectivity index (χ3n) is 4.96. The fraction of sp³-hybridized carbons (Fsp3) is 0.529. The molecule has 0 N–H and O–H groups in total. The van der Waals surface area contributed by atoms with Gasteiger partial charge in [0.25, 0.3) is 11.5 Å². The minimum atomic E-state index is -0.00186. The van der Waals surface area contributed by atoms with E-state index in [-0.39, 0.29) is 11.5 Å². The summed E-state index contributed by atoms with van der Waals surface area (Å²) in [6, 6.07) is 1.75. The lowest BCUT2D eigenvalue weighted by Crippen LogP contribution is -2.49. The highest BCUT2D eigenvalue weighted by Crippen LogP contribution is 2.17. The number of rotatable bonds is 4. The Morgan fingerprint density at radius 1 is 1.16 bits per heavy atom. The Balaban J connectivity index is 1.31. The molecule has 2 aliphatic rings. The van der Waals surface area contributed by atoms with E-state index < -0.39 is 0 Å². The lowest BCUT2D eigenvalue weighted by Gasteiger charge is -2.34. The average molecular weight is 359 g/mol. The summed E-state index contributed by atoms with van der Waals surface area (Å²) in [7, 11) is 0. The van der Waals surface area contributed by atoms with E-state index in [1.807, 2.05) is 4.90 Å². The predicted molar refractivity (Wildman–Crippen MR) is 95.0 cm³/mol. The molecule has 132 valence electrons. The van der Waals surface area contributed by atoms with Gasteiger partial charge in [0.1, 0.15) is 5.69 Å². The van der Waals surface area contributed by atoms with Gasteiger partial charge in [-0.2, -0.15) is 5.10 Å². The molecule has 1 amide bonds. The molecular formula is C17H21N5O2S. The minimum absolute atomic E-state index is 0.00186. The highest BCUT2D eigenvalue weighted by atomic mass is 32.1. The van der Waals surface area contributed by atoms with Gasteiger partial charge in [0, 0.05) is 44.2 Å². The molecule has 2 aromatic rings. The number of carbonyl (C=O) groups excluding carboxylic acids is 1. The van der Waals surface area contributed by atoms with Gasteiger partial charge in [-0.15, -0.1) is 11.3 Å². The van der Waals surface area contributed by atoms with E-state index in [4.69, 9.17) is 0 Å². The van der Waals surface area contributed by atoms with Gasteiger partial charge >= 0.3 is 0 Å². The maximum absolute atomic E-state index is 12.3. The van der Waals surface area contributed by atoms with Crippen molar-refractivity contribution >= 4 is 17.2 Å². The molecule has 3 heterocycles. The van der Waals surface area contributed by atoms with Crippen LogP contribution in [0.25, 0.3) is 0 Å². The first kappa shape index (κ1) is 16.4. The second-order valence-electron chi connectivity index (χ2n) is 6.54. The minimum Gasteiger partial charge on any atom is -0.335 e. The van der Waals surface area contributed by atoms with Gasteiger partial charge < -0.3 is 4.90 Å². The maximum atomic E-state index is 12.3. The quantitative estimate of drug-likeness (QED) is 0.801. The first-order valence-corrected chi connectivity index (χ1v) is 9.65. The van der Waals surface area contributed by atoms with Crippen LogP contribution >= 0.6 is 11.3 Å².